The van der Waals surface area contributed by atoms with Gasteiger partial charge in [0.25, 0.3) is 0 Å². The maximum Gasteiger partial charge on any atom is 0.188 e. The van der Waals surface area contributed by atoms with Crippen molar-refractivity contribution in [2.75, 3.05) is 0 Å². The van der Waals surface area contributed by atoms with Crippen LogP contribution in [0.4, 0.5) is 0 Å². The second-order valence-electron chi connectivity index (χ2n) is 6.99. The molecular weight excluding hydrogens is 370 g/mol. The molecule has 1 atom stereocenters. The van der Waals surface area contributed by atoms with Crippen molar-refractivity contribution in [2.24, 2.45) is 5.92 Å². The fraction of sp³-hybridized carbons (Fsp3) is 0.208. The number of hydrogen-bond donors (Lipinski definition) is 1. The summed E-state index contributed by atoms with van der Waals surface area (Å²) in [5.41, 5.74) is 1.99. The zero-order chi connectivity index (χ0) is 19.9. The van der Waals surface area contributed by atoms with Crippen molar-refractivity contribution in [3.8, 4) is 11.5 Å². The fourth-order valence-electron chi connectivity index (χ4n) is 3.08. The molecule has 28 heavy (non-hydrogen) atoms. The third-order valence-electron chi connectivity index (χ3n) is 4.45. The van der Waals surface area contributed by atoms with Crippen LogP contribution in [0.25, 0.3) is 0 Å². The van der Waals surface area contributed by atoms with Gasteiger partial charge in [0.1, 0.15) is 18.1 Å². The molecule has 3 nitrogen and oxygen atoms in total. The molecule has 0 saturated heterocycles. The monoisotopic (exact) mass is 393 g/mol. The number of ether oxygens (including phenoxy) is 2. The zero-order valence-electron chi connectivity index (χ0n) is 16.1. The molecule has 0 aliphatic carbocycles. The Morgan fingerprint density at radius 3 is 2.25 bits per heavy atom. The molecule has 0 heterocycles. The minimum Gasteiger partial charge on any atom is -0.476 e. The lowest BCUT2D eigenvalue weighted by atomic mass is 9.88. The molecule has 0 amide bonds. The van der Waals surface area contributed by atoms with E-state index in [1.807, 2.05) is 78.9 Å². The molecule has 0 radical (unpaired) electrons. The first-order valence-corrected chi connectivity index (χ1v) is 9.69. The molecule has 0 aliphatic heterocycles. The van der Waals surface area contributed by atoms with Crippen LogP contribution >= 0.6 is 11.6 Å². The third kappa shape index (κ3) is 5.37. The standard InChI is InChI=1S/C24H24ClNO2/c1-17(2)23(19-11-13-20(25)14-12-19)24(26)27-16-18-7-6-10-22(15-18)28-21-8-4-3-5-9-21/h3-15,17,23,26H,16H2,1-2H3. The number of para-hydroxylation sites is 1. The van der Waals surface area contributed by atoms with Gasteiger partial charge in [-0.3, -0.25) is 5.41 Å². The van der Waals surface area contributed by atoms with Crippen LogP contribution in [-0.2, 0) is 11.3 Å². The van der Waals surface area contributed by atoms with E-state index in [0.717, 1.165) is 22.6 Å². The minimum absolute atomic E-state index is 0.110. The number of hydrogen-bond acceptors (Lipinski definition) is 3. The van der Waals surface area contributed by atoms with Gasteiger partial charge in [-0.2, -0.15) is 0 Å². The summed E-state index contributed by atoms with van der Waals surface area (Å²) < 4.78 is 11.7. The summed E-state index contributed by atoms with van der Waals surface area (Å²) in [7, 11) is 0. The highest BCUT2D eigenvalue weighted by molar-refractivity contribution is 6.30. The quantitative estimate of drug-likeness (QED) is 0.344. The first-order valence-electron chi connectivity index (χ1n) is 9.31. The largest absolute Gasteiger partial charge is 0.476 e. The molecular formula is C24H24ClNO2. The van der Waals surface area contributed by atoms with Crippen LogP contribution in [0.15, 0.2) is 78.9 Å². The van der Waals surface area contributed by atoms with Crippen LogP contribution in [0.1, 0.15) is 30.9 Å². The lowest BCUT2D eigenvalue weighted by Crippen LogP contribution is -2.20. The number of rotatable bonds is 7. The van der Waals surface area contributed by atoms with Gasteiger partial charge in [0, 0.05) is 5.02 Å². The highest BCUT2D eigenvalue weighted by Gasteiger charge is 2.22. The number of benzene rings is 3. The molecule has 3 rings (SSSR count). The van der Waals surface area contributed by atoms with E-state index in [0.29, 0.717) is 11.6 Å². The highest BCUT2D eigenvalue weighted by Crippen LogP contribution is 2.28. The van der Waals surface area contributed by atoms with Crippen molar-refractivity contribution in [1.29, 1.82) is 5.41 Å². The molecule has 1 N–H and O–H groups in total. The number of nitrogens with one attached hydrogen (secondary N) is 1. The fourth-order valence-corrected chi connectivity index (χ4v) is 3.21. The van der Waals surface area contributed by atoms with Gasteiger partial charge in [-0.15, -0.1) is 0 Å². The van der Waals surface area contributed by atoms with E-state index in [1.165, 1.54) is 0 Å². The predicted octanol–water partition coefficient (Wildman–Crippen LogP) is 7.07. The zero-order valence-corrected chi connectivity index (χ0v) is 16.8. The van der Waals surface area contributed by atoms with Crippen molar-refractivity contribution in [2.45, 2.75) is 26.4 Å². The molecule has 0 saturated carbocycles. The smallest absolute Gasteiger partial charge is 0.188 e. The van der Waals surface area contributed by atoms with Gasteiger partial charge in [0.05, 0.1) is 5.92 Å². The normalized spacial score (nSPS) is 11.9. The maximum absolute atomic E-state index is 8.46. The third-order valence-corrected chi connectivity index (χ3v) is 4.70. The summed E-state index contributed by atoms with van der Waals surface area (Å²) in [5, 5.41) is 9.15. The summed E-state index contributed by atoms with van der Waals surface area (Å²) in [6, 6.07) is 25.0. The van der Waals surface area contributed by atoms with Crippen molar-refractivity contribution in [3.63, 3.8) is 0 Å². The average Bonchev–Trinajstić information content (AvgIpc) is 2.69. The predicted molar refractivity (Wildman–Crippen MR) is 115 cm³/mol. The van der Waals surface area contributed by atoms with E-state index in [2.05, 4.69) is 13.8 Å². The molecule has 0 bridgehead atoms. The summed E-state index contributed by atoms with van der Waals surface area (Å²) in [4.78, 5) is 0. The second kappa shape index (κ2) is 9.43. The van der Waals surface area contributed by atoms with Gasteiger partial charge in [-0.25, -0.2) is 0 Å². The lowest BCUT2D eigenvalue weighted by Gasteiger charge is -2.22. The average molecular weight is 394 g/mol. The summed E-state index contributed by atoms with van der Waals surface area (Å²) in [6.07, 6.45) is 0. The van der Waals surface area contributed by atoms with Crippen LogP contribution in [0.3, 0.4) is 0 Å². The molecule has 0 aromatic heterocycles. The molecule has 144 valence electrons. The Morgan fingerprint density at radius 1 is 0.893 bits per heavy atom. The Bertz CT molecular complexity index is 907. The Kier molecular flexibility index (Phi) is 6.72. The van der Waals surface area contributed by atoms with E-state index in [4.69, 9.17) is 26.5 Å². The topological polar surface area (TPSA) is 42.3 Å². The van der Waals surface area contributed by atoms with Crippen molar-refractivity contribution >= 4 is 17.5 Å². The summed E-state index contributed by atoms with van der Waals surface area (Å²) >= 11 is 5.99. The molecule has 0 spiro atoms. The molecule has 0 fully saturated rings. The first kappa shape index (κ1) is 20.0. The van der Waals surface area contributed by atoms with Crippen LogP contribution in [0, 0.1) is 11.3 Å². The van der Waals surface area contributed by atoms with Gasteiger partial charge >= 0.3 is 0 Å². The Labute approximate surface area is 171 Å². The van der Waals surface area contributed by atoms with Gasteiger partial charge in [0.2, 0.25) is 0 Å². The molecule has 4 heteroatoms. The second-order valence-corrected chi connectivity index (χ2v) is 7.43. The lowest BCUT2D eigenvalue weighted by molar-refractivity contribution is 0.266. The van der Waals surface area contributed by atoms with Gasteiger partial charge in [-0.05, 0) is 53.4 Å². The summed E-state index contributed by atoms with van der Waals surface area (Å²) in [5.74, 6) is 1.92. The van der Waals surface area contributed by atoms with Crippen molar-refractivity contribution in [3.05, 3.63) is 95.0 Å². The van der Waals surface area contributed by atoms with E-state index >= 15 is 0 Å². The molecule has 0 aliphatic rings. The van der Waals surface area contributed by atoms with Crippen LogP contribution in [0.5, 0.6) is 11.5 Å². The van der Waals surface area contributed by atoms with Crippen molar-refractivity contribution < 1.29 is 9.47 Å². The van der Waals surface area contributed by atoms with Crippen LogP contribution in [0.2, 0.25) is 5.02 Å². The minimum atomic E-state index is -0.110. The van der Waals surface area contributed by atoms with E-state index in [9.17, 15) is 0 Å². The van der Waals surface area contributed by atoms with Crippen molar-refractivity contribution in [1.82, 2.24) is 0 Å². The first-order chi connectivity index (χ1) is 13.5. The maximum atomic E-state index is 8.46. The van der Waals surface area contributed by atoms with Gasteiger partial charge < -0.3 is 9.47 Å². The SMILES string of the molecule is CC(C)C(C(=N)OCc1cccc(Oc2ccccc2)c1)c1ccc(Cl)cc1. The molecule has 3 aromatic rings. The highest BCUT2D eigenvalue weighted by atomic mass is 35.5. The van der Waals surface area contributed by atoms with E-state index in [-0.39, 0.29) is 17.7 Å². The molecule has 3 aromatic carbocycles. The van der Waals surface area contributed by atoms with Gasteiger partial charge in [-0.1, -0.05) is 67.9 Å². The number of halogens is 1. The van der Waals surface area contributed by atoms with Crippen LogP contribution < -0.4 is 4.74 Å². The van der Waals surface area contributed by atoms with Gasteiger partial charge in [0.15, 0.2) is 5.90 Å². The van der Waals surface area contributed by atoms with Crippen LogP contribution in [-0.4, -0.2) is 5.90 Å². The summed E-state index contributed by atoms with van der Waals surface area (Å²) in [6.45, 7) is 4.50. The Morgan fingerprint density at radius 2 is 1.57 bits per heavy atom. The van der Waals surface area contributed by atoms with E-state index in [1.54, 1.807) is 0 Å². The Balaban J connectivity index is 1.66. The Hall–Kier alpha value is -2.78. The molecule has 1 unspecified atom stereocenters. The van der Waals surface area contributed by atoms with E-state index < -0.39 is 0 Å².